The Morgan fingerprint density at radius 2 is 1.81 bits per heavy atom. The number of hydrogen-bond donors (Lipinski definition) is 2. The van der Waals surface area contributed by atoms with E-state index in [2.05, 4.69) is 20.2 Å². The van der Waals surface area contributed by atoms with Crippen molar-refractivity contribution in [1.82, 2.24) is 10.2 Å². The van der Waals surface area contributed by atoms with Crippen molar-refractivity contribution in [3.63, 3.8) is 0 Å². The molecule has 0 unspecified atom stereocenters. The first-order valence-electron chi connectivity index (χ1n) is 8.89. The number of aromatic nitrogens is 2. The zero-order valence-corrected chi connectivity index (χ0v) is 17.3. The Kier molecular flexibility index (Phi) is 5.78. The van der Waals surface area contributed by atoms with Gasteiger partial charge in [-0.25, -0.2) is 8.42 Å². The van der Waals surface area contributed by atoms with Crippen LogP contribution in [0.15, 0.2) is 64.1 Å². The van der Waals surface area contributed by atoms with E-state index < -0.39 is 15.9 Å². The van der Waals surface area contributed by atoms with E-state index in [0.717, 1.165) is 0 Å². The van der Waals surface area contributed by atoms with Crippen LogP contribution in [0.1, 0.15) is 16.2 Å². The van der Waals surface area contributed by atoms with Crippen molar-refractivity contribution >= 4 is 45.0 Å². The van der Waals surface area contributed by atoms with E-state index in [9.17, 15) is 13.2 Å². The molecule has 160 valence electrons. The Morgan fingerprint density at radius 3 is 2.55 bits per heavy atom. The second-order valence-electron chi connectivity index (χ2n) is 6.17. The third-order valence-corrected chi connectivity index (χ3v) is 5.68. The number of nitrogens with zero attached hydrogens (tertiary/aromatic N) is 2. The molecule has 31 heavy (non-hydrogen) atoms. The lowest BCUT2D eigenvalue weighted by molar-refractivity contribution is 0.102. The Labute approximate surface area is 181 Å². The maximum Gasteiger partial charge on any atom is 0.322 e. The van der Waals surface area contributed by atoms with Gasteiger partial charge in [-0.1, -0.05) is 28.8 Å². The van der Waals surface area contributed by atoms with E-state index in [1.807, 2.05) is 0 Å². The Morgan fingerprint density at radius 1 is 1.03 bits per heavy atom. The van der Waals surface area contributed by atoms with Crippen molar-refractivity contribution in [2.45, 2.75) is 4.90 Å². The molecule has 12 heteroatoms. The summed E-state index contributed by atoms with van der Waals surface area (Å²) in [7, 11) is -3.95. The summed E-state index contributed by atoms with van der Waals surface area (Å²) in [5, 5.41) is 10.4. The molecule has 0 radical (unpaired) electrons. The van der Waals surface area contributed by atoms with Crippen LogP contribution < -0.4 is 10.0 Å². The summed E-state index contributed by atoms with van der Waals surface area (Å²) in [6.07, 6.45) is 1.34. The summed E-state index contributed by atoms with van der Waals surface area (Å²) in [6, 6.07) is 11.5. The van der Waals surface area contributed by atoms with Gasteiger partial charge in [0.05, 0.1) is 16.1 Å². The lowest BCUT2D eigenvalue weighted by atomic mass is 10.2. The van der Waals surface area contributed by atoms with E-state index in [1.54, 1.807) is 12.1 Å². The van der Waals surface area contributed by atoms with Gasteiger partial charge in [-0.3, -0.25) is 14.8 Å². The second-order valence-corrected chi connectivity index (χ2v) is 8.29. The van der Waals surface area contributed by atoms with Gasteiger partial charge >= 0.3 is 6.01 Å². The zero-order valence-electron chi connectivity index (χ0n) is 15.7. The molecule has 1 aliphatic heterocycles. The number of halogens is 1. The molecule has 0 bridgehead atoms. The summed E-state index contributed by atoms with van der Waals surface area (Å²) in [4.78, 5) is 12.7. The topological polar surface area (TPSA) is 133 Å². The number of carbonyl (C=O) groups is 1. The molecule has 0 saturated heterocycles. The van der Waals surface area contributed by atoms with Gasteiger partial charge in [0.15, 0.2) is 0 Å². The fraction of sp³-hybridized carbons (Fsp3) is 0.105. The van der Waals surface area contributed by atoms with Gasteiger partial charge in [-0.15, -0.1) is 5.10 Å². The van der Waals surface area contributed by atoms with Crippen LogP contribution in [0, 0.1) is 0 Å². The van der Waals surface area contributed by atoms with E-state index in [0.29, 0.717) is 18.2 Å². The number of benzene rings is 2. The molecule has 1 amide bonds. The molecule has 10 nitrogen and oxygen atoms in total. The van der Waals surface area contributed by atoms with Gasteiger partial charge < -0.3 is 13.9 Å². The average molecular weight is 463 g/mol. The molecular weight excluding hydrogens is 448 g/mol. The molecule has 2 N–H and O–H groups in total. The van der Waals surface area contributed by atoms with Gasteiger partial charge in [-0.2, -0.15) is 0 Å². The standard InChI is InChI=1S/C19H15ClN4O6S/c20-12-5-7-13(8-6-12)31(26,27)24-15-4-2-1-3-14(15)17(25)21-19-23-22-18(30-19)16-11-28-9-10-29-16/h1-8,11,24H,9-10H2,(H,21,23,25). The molecule has 1 aromatic heterocycles. The predicted octanol–water partition coefficient (Wildman–Crippen LogP) is 3.12. The Hall–Kier alpha value is -3.57. The van der Waals surface area contributed by atoms with Crippen LogP contribution in [0.4, 0.5) is 11.7 Å². The van der Waals surface area contributed by atoms with Gasteiger partial charge in [0.1, 0.15) is 19.5 Å². The number of anilines is 2. The highest BCUT2D eigenvalue weighted by Gasteiger charge is 2.21. The van der Waals surface area contributed by atoms with Crippen LogP contribution in [0.3, 0.4) is 0 Å². The number of sulfonamides is 1. The minimum Gasteiger partial charge on any atom is -0.494 e. The summed E-state index contributed by atoms with van der Waals surface area (Å²) >= 11 is 5.81. The fourth-order valence-corrected chi connectivity index (χ4v) is 3.81. The highest BCUT2D eigenvalue weighted by atomic mass is 35.5. The number of nitrogens with one attached hydrogen (secondary N) is 2. The van der Waals surface area contributed by atoms with Crippen LogP contribution >= 0.6 is 11.6 Å². The van der Waals surface area contributed by atoms with Crippen LogP contribution in [-0.2, 0) is 19.5 Å². The SMILES string of the molecule is O=C(Nc1nnc(C2=COCCO2)o1)c1ccccc1NS(=O)(=O)c1ccc(Cl)cc1. The molecule has 3 aromatic rings. The molecule has 0 saturated carbocycles. The normalized spacial score (nSPS) is 13.5. The lowest BCUT2D eigenvalue weighted by Crippen LogP contribution is -2.18. The lowest BCUT2D eigenvalue weighted by Gasteiger charge is -2.12. The summed E-state index contributed by atoms with van der Waals surface area (Å²) in [5.41, 5.74) is 0.123. The second kappa shape index (κ2) is 8.66. The van der Waals surface area contributed by atoms with Crippen molar-refractivity contribution in [1.29, 1.82) is 0 Å². The van der Waals surface area contributed by atoms with Crippen LogP contribution in [0.2, 0.25) is 5.02 Å². The zero-order chi connectivity index (χ0) is 21.8. The Balaban J connectivity index is 1.53. The largest absolute Gasteiger partial charge is 0.494 e. The molecular formula is C19H15ClN4O6S. The average Bonchev–Trinajstić information content (AvgIpc) is 3.23. The molecule has 0 fully saturated rings. The van der Waals surface area contributed by atoms with Crippen LogP contribution in [0.25, 0.3) is 5.76 Å². The van der Waals surface area contributed by atoms with Crippen molar-refractivity contribution in [3.05, 3.63) is 71.3 Å². The molecule has 0 spiro atoms. The van der Waals surface area contributed by atoms with Gasteiger partial charge in [0.2, 0.25) is 5.76 Å². The van der Waals surface area contributed by atoms with E-state index in [-0.39, 0.29) is 33.8 Å². The number of hydrogen-bond acceptors (Lipinski definition) is 8. The van der Waals surface area contributed by atoms with E-state index in [4.69, 9.17) is 25.5 Å². The predicted molar refractivity (Wildman–Crippen MR) is 111 cm³/mol. The highest BCUT2D eigenvalue weighted by molar-refractivity contribution is 7.92. The number of carbonyl (C=O) groups excluding carboxylic acids is 1. The molecule has 2 aromatic carbocycles. The van der Waals surface area contributed by atoms with Crippen molar-refractivity contribution in [2.75, 3.05) is 23.3 Å². The van der Waals surface area contributed by atoms with Gasteiger partial charge in [0.25, 0.3) is 21.8 Å². The minimum atomic E-state index is -3.95. The van der Waals surface area contributed by atoms with Crippen LogP contribution in [0.5, 0.6) is 0 Å². The third-order valence-electron chi connectivity index (χ3n) is 4.05. The van der Waals surface area contributed by atoms with Crippen molar-refractivity contribution in [3.8, 4) is 0 Å². The molecule has 0 aliphatic carbocycles. The maximum absolute atomic E-state index is 12.7. The molecule has 2 heterocycles. The summed E-state index contributed by atoms with van der Waals surface area (Å²) in [6.45, 7) is 0.737. The maximum atomic E-state index is 12.7. The van der Waals surface area contributed by atoms with Crippen molar-refractivity contribution < 1.29 is 27.1 Å². The molecule has 4 rings (SSSR count). The summed E-state index contributed by atoms with van der Waals surface area (Å²) in [5.74, 6) is -0.374. The minimum absolute atomic E-state index is 0.00312. The Bertz CT molecular complexity index is 1240. The molecule has 0 atom stereocenters. The fourth-order valence-electron chi connectivity index (χ4n) is 2.61. The van der Waals surface area contributed by atoms with E-state index >= 15 is 0 Å². The first-order valence-corrected chi connectivity index (χ1v) is 10.8. The van der Waals surface area contributed by atoms with Gasteiger partial charge in [-0.05, 0) is 36.4 Å². The highest BCUT2D eigenvalue weighted by Crippen LogP contribution is 2.23. The van der Waals surface area contributed by atoms with Crippen LogP contribution in [-0.4, -0.2) is 37.7 Å². The number of amides is 1. The first-order chi connectivity index (χ1) is 14.9. The quantitative estimate of drug-likeness (QED) is 0.570. The van der Waals surface area contributed by atoms with Crippen molar-refractivity contribution in [2.24, 2.45) is 0 Å². The first kappa shape index (κ1) is 20.7. The summed E-state index contributed by atoms with van der Waals surface area (Å²) < 4.78 is 43.6. The van der Waals surface area contributed by atoms with Gasteiger partial charge in [0, 0.05) is 5.02 Å². The molecule has 1 aliphatic rings. The number of ether oxygens (including phenoxy) is 2. The van der Waals surface area contributed by atoms with E-state index in [1.165, 1.54) is 42.7 Å². The third kappa shape index (κ3) is 4.78. The number of rotatable bonds is 6. The smallest absolute Gasteiger partial charge is 0.322 e. The number of para-hydroxylation sites is 1. The monoisotopic (exact) mass is 462 g/mol.